The van der Waals surface area contributed by atoms with Gasteiger partial charge in [0, 0.05) is 24.0 Å². The van der Waals surface area contributed by atoms with Crippen molar-refractivity contribution in [1.82, 2.24) is 14.4 Å². The number of aromatic nitrogens is 3. The quantitative estimate of drug-likeness (QED) is 0.582. The molecule has 0 unspecified atom stereocenters. The number of fused-ring (bicyclic) bond motifs is 1. The zero-order chi connectivity index (χ0) is 19.0. The average molecular weight is 365 g/mol. The summed E-state index contributed by atoms with van der Waals surface area (Å²) in [6.07, 6.45) is 3.25. The Morgan fingerprint density at radius 2 is 1.89 bits per heavy atom. The third kappa shape index (κ3) is 3.32. The Morgan fingerprint density at radius 3 is 2.70 bits per heavy atom. The first-order valence-corrected chi connectivity index (χ1v) is 7.98. The van der Waals surface area contributed by atoms with Gasteiger partial charge in [-0.05, 0) is 36.4 Å². The number of nitrogens with one attached hydrogen (secondary N) is 1. The molecule has 1 aromatic carbocycles. The lowest BCUT2D eigenvalue weighted by Gasteiger charge is -2.04. The maximum Gasteiger partial charge on any atom is 0.275 e. The molecule has 0 radical (unpaired) electrons. The molecule has 0 spiro atoms. The number of halogens is 2. The molecule has 27 heavy (non-hydrogen) atoms. The van der Waals surface area contributed by atoms with Crippen LogP contribution in [0.2, 0.25) is 0 Å². The highest BCUT2D eigenvalue weighted by atomic mass is 19.1. The molecule has 0 atom stereocenters. The molecular formula is C19H13F2N5O. The van der Waals surface area contributed by atoms with Crippen molar-refractivity contribution >= 4 is 23.1 Å². The number of nitrogens with two attached hydrogens (primary N) is 1. The maximum atomic E-state index is 13.7. The smallest absolute Gasteiger partial charge is 0.275 e. The van der Waals surface area contributed by atoms with E-state index in [0.29, 0.717) is 17.2 Å². The molecule has 0 saturated heterocycles. The first-order valence-electron chi connectivity index (χ1n) is 7.98. The molecule has 4 rings (SSSR count). The van der Waals surface area contributed by atoms with Gasteiger partial charge in [-0.25, -0.2) is 18.7 Å². The average Bonchev–Trinajstić information content (AvgIpc) is 3.08. The SMILES string of the molecule is Nc1cccc(-c2ccc3nc(C(=O)Nc4cc(F)ccc4F)cn3c2)n1. The van der Waals surface area contributed by atoms with E-state index in [-0.39, 0.29) is 11.4 Å². The number of amides is 1. The van der Waals surface area contributed by atoms with E-state index in [2.05, 4.69) is 15.3 Å². The normalized spacial score (nSPS) is 10.9. The fourth-order valence-electron chi connectivity index (χ4n) is 2.64. The molecule has 0 fully saturated rings. The lowest BCUT2D eigenvalue weighted by atomic mass is 10.2. The first-order chi connectivity index (χ1) is 13.0. The summed E-state index contributed by atoms with van der Waals surface area (Å²) in [4.78, 5) is 20.8. The minimum absolute atomic E-state index is 0.0661. The Labute approximate surface area is 152 Å². The molecule has 0 aliphatic heterocycles. The Kier molecular flexibility index (Phi) is 4.00. The van der Waals surface area contributed by atoms with Crippen LogP contribution in [0.4, 0.5) is 20.3 Å². The molecule has 0 saturated carbocycles. The largest absolute Gasteiger partial charge is 0.384 e. The molecule has 0 aliphatic rings. The van der Waals surface area contributed by atoms with Crippen LogP contribution in [0.25, 0.3) is 16.9 Å². The summed E-state index contributed by atoms with van der Waals surface area (Å²) >= 11 is 0. The van der Waals surface area contributed by atoms with Gasteiger partial charge in [0.15, 0.2) is 0 Å². The zero-order valence-electron chi connectivity index (χ0n) is 13.9. The predicted molar refractivity (Wildman–Crippen MR) is 97.1 cm³/mol. The van der Waals surface area contributed by atoms with Crippen molar-refractivity contribution in [3.05, 3.63) is 78.3 Å². The van der Waals surface area contributed by atoms with Gasteiger partial charge in [0.05, 0.1) is 11.4 Å². The van der Waals surface area contributed by atoms with Crippen molar-refractivity contribution in [1.29, 1.82) is 0 Å². The van der Waals surface area contributed by atoms with Crippen LogP contribution in [0.5, 0.6) is 0 Å². The van der Waals surface area contributed by atoms with Crippen LogP contribution in [0, 0.1) is 11.6 Å². The van der Waals surface area contributed by atoms with Gasteiger partial charge < -0.3 is 15.5 Å². The van der Waals surface area contributed by atoms with Gasteiger partial charge in [0.2, 0.25) is 0 Å². The van der Waals surface area contributed by atoms with E-state index in [1.807, 2.05) is 6.07 Å². The minimum atomic E-state index is -0.733. The van der Waals surface area contributed by atoms with E-state index in [1.54, 1.807) is 34.9 Å². The van der Waals surface area contributed by atoms with Gasteiger partial charge >= 0.3 is 0 Å². The number of hydrogen-bond acceptors (Lipinski definition) is 4. The third-order valence-electron chi connectivity index (χ3n) is 3.93. The van der Waals surface area contributed by atoms with Gasteiger partial charge in [-0.2, -0.15) is 0 Å². The Hall–Kier alpha value is -3.81. The summed E-state index contributed by atoms with van der Waals surface area (Å²) in [5, 5.41) is 2.32. The topological polar surface area (TPSA) is 85.3 Å². The fourth-order valence-corrected chi connectivity index (χ4v) is 2.64. The van der Waals surface area contributed by atoms with Gasteiger partial charge in [-0.3, -0.25) is 4.79 Å². The number of nitrogen functional groups attached to an aromatic ring is 1. The van der Waals surface area contributed by atoms with Crippen LogP contribution in [-0.4, -0.2) is 20.3 Å². The molecule has 134 valence electrons. The molecule has 3 N–H and O–H groups in total. The molecule has 3 heterocycles. The maximum absolute atomic E-state index is 13.7. The molecule has 0 aliphatic carbocycles. The highest BCUT2D eigenvalue weighted by molar-refractivity contribution is 6.03. The number of nitrogens with zero attached hydrogens (tertiary/aromatic N) is 3. The second-order valence-corrected chi connectivity index (χ2v) is 5.84. The lowest BCUT2D eigenvalue weighted by Crippen LogP contribution is -2.13. The molecule has 8 heteroatoms. The van der Waals surface area contributed by atoms with E-state index in [1.165, 1.54) is 6.20 Å². The van der Waals surface area contributed by atoms with Crippen LogP contribution < -0.4 is 11.1 Å². The molecule has 4 aromatic rings. The van der Waals surface area contributed by atoms with Crippen LogP contribution >= 0.6 is 0 Å². The summed E-state index contributed by atoms with van der Waals surface area (Å²) in [5.41, 5.74) is 7.51. The van der Waals surface area contributed by atoms with Crippen molar-refractivity contribution in [3.8, 4) is 11.3 Å². The number of hydrogen-bond donors (Lipinski definition) is 2. The monoisotopic (exact) mass is 365 g/mol. The first kappa shape index (κ1) is 16.6. The third-order valence-corrected chi connectivity index (χ3v) is 3.93. The van der Waals surface area contributed by atoms with Crippen LogP contribution in [0.1, 0.15) is 10.5 Å². The highest BCUT2D eigenvalue weighted by Crippen LogP contribution is 2.20. The van der Waals surface area contributed by atoms with Gasteiger partial charge in [-0.1, -0.05) is 6.07 Å². The number of imidazole rings is 1. The van der Waals surface area contributed by atoms with Crippen molar-refractivity contribution in [2.24, 2.45) is 0 Å². The summed E-state index contributed by atoms with van der Waals surface area (Å²) in [5.74, 6) is -1.63. The van der Waals surface area contributed by atoms with Gasteiger partial charge in [-0.15, -0.1) is 0 Å². The van der Waals surface area contributed by atoms with E-state index < -0.39 is 17.5 Å². The number of carbonyl (C=O) groups is 1. The molecule has 1 amide bonds. The second kappa shape index (κ2) is 6.49. The number of carbonyl (C=O) groups excluding carboxylic acids is 1. The molecular weight excluding hydrogens is 352 g/mol. The fraction of sp³-hybridized carbons (Fsp3) is 0. The van der Waals surface area contributed by atoms with Gasteiger partial charge in [0.1, 0.15) is 28.8 Å². The predicted octanol–water partition coefficient (Wildman–Crippen LogP) is 3.51. The molecule has 6 nitrogen and oxygen atoms in total. The zero-order valence-corrected chi connectivity index (χ0v) is 13.9. The molecule has 3 aromatic heterocycles. The van der Waals surface area contributed by atoms with Crippen LogP contribution in [0.3, 0.4) is 0 Å². The Balaban J connectivity index is 1.65. The summed E-state index contributed by atoms with van der Waals surface area (Å²) < 4.78 is 28.6. The Bertz CT molecular complexity index is 1170. The van der Waals surface area contributed by atoms with Crippen molar-refractivity contribution < 1.29 is 13.6 Å². The van der Waals surface area contributed by atoms with Gasteiger partial charge in [0.25, 0.3) is 5.91 Å². The van der Waals surface area contributed by atoms with E-state index in [0.717, 1.165) is 23.8 Å². The number of anilines is 2. The summed E-state index contributed by atoms with van der Waals surface area (Å²) in [6, 6.07) is 11.6. The minimum Gasteiger partial charge on any atom is -0.384 e. The van der Waals surface area contributed by atoms with Crippen LogP contribution in [0.15, 0.2) is 60.9 Å². The van der Waals surface area contributed by atoms with E-state index in [9.17, 15) is 13.6 Å². The number of benzene rings is 1. The molecule has 0 bridgehead atoms. The number of rotatable bonds is 3. The van der Waals surface area contributed by atoms with Crippen molar-refractivity contribution in [2.75, 3.05) is 11.1 Å². The highest BCUT2D eigenvalue weighted by Gasteiger charge is 2.14. The second-order valence-electron chi connectivity index (χ2n) is 5.84. The lowest BCUT2D eigenvalue weighted by molar-refractivity contribution is 0.102. The van der Waals surface area contributed by atoms with E-state index in [4.69, 9.17) is 5.73 Å². The standard InChI is InChI=1S/C19H13F2N5O/c20-12-5-6-13(21)15(8-12)25-19(27)16-10-26-9-11(4-7-18(26)24-16)14-2-1-3-17(22)23-14/h1-10H,(H2,22,23)(H,25,27). The number of pyridine rings is 2. The van der Waals surface area contributed by atoms with Crippen molar-refractivity contribution in [3.63, 3.8) is 0 Å². The summed E-state index contributed by atoms with van der Waals surface area (Å²) in [7, 11) is 0. The summed E-state index contributed by atoms with van der Waals surface area (Å²) in [6.45, 7) is 0. The Morgan fingerprint density at radius 1 is 1.04 bits per heavy atom. The van der Waals surface area contributed by atoms with Crippen LogP contribution in [-0.2, 0) is 0 Å². The van der Waals surface area contributed by atoms with E-state index >= 15 is 0 Å². The van der Waals surface area contributed by atoms with Crippen molar-refractivity contribution in [2.45, 2.75) is 0 Å².